The van der Waals surface area contributed by atoms with Crippen LogP contribution in [0.5, 0.6) is 0 Å². The molecule has 0 amide bonds. The van der Waals surface area contributed by atoms with Crippen molar-refractivity contribution in [1.29, 1.82) is 0 Å². The molecule has 90 valence electrons. The van der Waals surface area contributed by atoms with Crippen molar-refractivity contribution in [3.63, 3.8) is 0 Å². The fourth-order valence-electron chi connectivity index (χ4n) is 1.73. The van der Waals surface area contributed by atoms with Gasteiger partial charge in [0, 0.05) is 24.0 Å². The van der Waals surface area contributed by atoms with E-state index in [0.29, 0.717) is 25.6 Å². The number of rotatable bonds is 5. The normalized spacial score (nSPS) is 10.9. The summed E-state index contributed by atoms with van der Waals surface area (Å²) < 4.78 is 6.93. The van der Waals surface area contributed by atoms with E-state index in [9.17, 15) is 4.79 Å². The number of hydrogen-bond donors (Lipinski definition) is 0. The summed E-state index contributed by atoms with van der Waals surface area (Å²) in [5, 5.41) is 1.71. The van der Waals surface area contributed by atoms with Gasteiger partial charge in [0.05, 0.1) is 13.2 Å². The van der Waals surface area contributed by atoms with Crippen LogP contribution in [0.2, 0.25) is 0 Å². The van der Waals surface area contributed by atoms with Crippen LogP contribution in [0.3, 0.4) is 0 Å². The first-order chi connectivity index (χ1) is 8.33. The molecular formula is C13H14ClNO2. The van der Waals surface area contributed by atoms with Gasteiger partial charge in [-0.15, -0.1) is 11.6 Å². The van der Waals surface area contributed by atoms with Crippen molar-refractivity contribution >= 4 is 22.4 Å². The van der Waals surface area contributed by atoms with Gasteiger partial charge in [-0.25, -0.2) is 0 Å². The number of halogens is 1. The van der Waals surface area contributed by atoms with E-state index in [-0.39, 0.29) is 5.56 Å². The molecule has 2 aromatic rings. The summed E-state index contributed by atoms with van der Waals surface area (Å²) >= 11 is 5.50. The second-order valence-electron chi connectivity index (χ2n) is 3.70. The van der Waals surface area contributed by atoms with Crippen molar-refractivity contribution in [1.82, 2.24) is 4.57 Å². The molecule has 1 aromatic heterocycles. The highest BCUT2D eigenvalue weighted by Gasteiger charge is 2.01. The summed E-state index contributed by atoms with van der Waals surface area (Å²) in [7, 11) is 0. The van der Waals surface area contributed by atoms with Crippen molar-refractivity contribution in [2.24, 2.45) is 0 Å². The lowest BCUT2D eigenvalue weighted by atomic mass is 10.2. The smallest absolute Gasteiger partial charge is 0.258 e. The average Bonchev–Trinajstić information content (AvgIpc) is 2.37. The molecule has 4 heteroatoms. The molecule has 0 N–H and O–H groups in total. The van der Waals surface area contributed by atoms with E-state index in [4.69, 9.17) is 16.3 Å². The molecule has 0 saturated heterocycles. The van der Waals surface area contributed by atoms with E-state index >= 15 is 0 Å². The van der Waals surface area contributed by atoms with E-state index in [0.717, 1.165) is 10.8 Å². The summed E-state index contributed by atoms with van der Waals surface area (Å²) in [5.41, 5.74) is 0.0255. The van der Waals surface area contributed by atoms with Gasteiger partial charge in [-0.05, 0) is 17.5 Å². The molecule has 2 rings (SSSR count). The molecule has 0 spiro atoms. The average molecular weight is 252 g/mol. The number of nitrogens with zero attached hydrogens (tertiary/aromatic N) is 1. The fraction of sp³-hybridized carbons (Fsp3) is 0.308. The number of pyridine rings is 1. The minimum atomic E-state index is 0.0255. The van der Waals surface area contributed by atoms with Gasteiger partial charge in [0.2, 0.25) is 0 Å². The molecule has 0 fully saturated rings. The first-order valence-electron chi connectivity index (χ1n) is 5.55. The summed E-state index contributed by atoms with van der Waals surface area (Å²) in [6.07, 6.45) is 1.80. The van der Waals surface area contributed by atoms with Crippen LogP contribution in [0.1, 0.15) is 0 Å². The Kier molecular flexibility index (Phi) is 4.18. The van der Waals surface area contributed by atoms with Crippen molar-refractivity contribution in [3.05, 3.63) is 46.9 Å². The van der Waals surface area contributed by atoms with E-state index < -0.39 is 0 Å². The highest BCUT2D eigenvalue weighted by Crippen LogP contribution is 2.07. The zero-order valence-corrected chi connectivity index (χ0v) is 10.2. The van der Waals surface area contributed by atoms with Gasteiger partial charge in [-0.1, -0.05) is 18.2 Å². The van der Waals surface area contributed by atoms with Crippen molar-refractivity contribution in [2.45, 2.75) is 6.54 Å². The maximum Gasteiger partial charge on any atom is 0.258 e. The summed E-state index contributed by atoms with van der Waals surface area (Å²) in [6, 6.07) is 9.52. The molecule has 1 heterocycles. The zero-order chi connectivity index (χ0) is 12.1. The molecule has 0 bridgehead atoms. The number of hydrogen-bond acceptors (Lipinski definition) is 2. The quantitative estimate of drug-likeness (QED) is 0.603. The Morgan fingerprint density at radius 2 is 2.00 bits per heavy atom. The largest absolute Gasteiger partial charge is 0.378 e. The third-order valence-electron chi connectivity index (χ3n) is 2.58. The van der Waals surface area contributed by atoms with Crippen molar-refractivity contribution in [3.8, 4) is 0 Å². The molecule has 17 heavy (non-hydrogen) atoms. The molecule has 0 aliphatic heterocycles. The van der Waals surface area contributed by atoms with Gasteiger partial charge in [-0.2, -0.15) is 0 Å². The number of benzene rings is 1. The van der Waals surface area contributed by atoms with Gasteiger partial charge in [-0.3, -0.25) is 4.79 Å². The molecular weight excluding hydrogens is 238 g/mol. The first kappa shape index (κ1) is 12.1. The second-order valence-corrected chi connectivity index (χ2v) is 4.08. The zero-order valence-electron chi connectivity index (χ0n) is 9.43. The first-order valence-corrected chi connectivity index (χ1v) is 6.08. The SMILES string of the molecule is O=c1c2ccccc2ccn1CCOCCCl. The van der Waals surface area contributed by atoms with Gasteiger partial charge < -0.3 is 9.30 Å². The number of ether oxygens (including phenoxy) is 1. The lowest BCUT2D eigenvalue weighted by Crippen LogP contribution is -2.22. The topological polar surface area (TPSA) is 31.2 Å². The summed E-state index contributed by atoms with van der Waals surface area (Å²) in [6.45, 7) is 1.58. The lowest BCUT2D eigenvalue weighted by molar-refractivity contribution is 0.140. The molecule has 0 saturated carbocycles. The third kappa shape index (κ3) is 2.87. The summed E-state index contributed by atoms with van der Waals surface area (Å²) in [5.74, 6) is 0.479. The van der Waals surface area contributed by atoms with Crippen LogP contribution in [-0.4, -0.2) is 23.7 Å². The Labute approximate surface area is 105 Å². The Hall–Kier alpha value is -1.32. The molecule has 0 aliphatic rings. The Morgan fingerprint density at radius 1 is 1.18 bits per heavy atom. The van der Waals surface area contributed by atoms with Crippen LogP contribution >= 0.6 is 11.6 Å². The maximum atomic E-state index is 12.1. The Bertz CT molecular complexity index is 550. The molecule has 0 aliphatic carbocycles. The van der Waals surface area contributed by atoms with Gasteiger partial charge >= 0.3 is 0 Å². The molecule has 3 nitrogen and oxygen atoms in total. The van der Waals surface area contributed by atoms with E-state index in [2.05, 4.69) is 0 Å². The fourth-order valence-corrected chi connectivity index (χ4v) is 1.83. The van der Waals surface area contributed by atoms with Crippen LogP contribution in [0.4, 0.5) is 0 Å². The van der Waals surface area contributed by atoms with Crippen LogP contribution in [0.25, 0.3) is 10.8 Å². The second kappa shape index (κ2) is 5.84. The Morgan fingerprint density at radius 3 is 2.82 bits per heavy atom. The minimum absolute atomic E-state index is 0.0255. The van der Waals surface area contributed by atoms with Crippen molar-refractivity contribution in [2.75, 3.05) is 19.1 Å². The molecule has 0 atom stereocenters. The van der Waals surface area contributed by atoms with E-state index in [1.807, 2.05) is 30.3 Å². The highest BCUT2D eigenvalue weighted by atomic mass is 35.5. The molecule has 0 unspecified atom stereocenters. The molecule has 1 aromatic carbocycles. The number of aromatic nitrogens is 1. The predicted molar refractivity (Wildman–Crippen MR) is 69.7 cm³/mol. The van der Waals surface area contributed by atoms with Crippen LogP contribution < -0.4 is 5.56 Å². The van der Waals surface area contributed by atoms with Crippen molar-refractivity contribution < 1.29 is 4.74 Å². The standard InChI is InChI=1S/C13H14ClNO2/c14-6-9-17-10-8-15-7-5-11-3-1-2-4-12(11)13(15)16/h1-5,7H,6,8-10H2. The van der Waals surface area contributed by atoms with Gasteiger partial charge in [0.15, 0.2) is 0 Å². The highest BCUT2D eigenvalue weighted by molar-refractivity contribution is 6.17. The van der Waals surface area contributed by atoms with Gasteiger partial charge in [0.1, 0.15) is 0 Å². The number of alkyl halides is 1. The van der Waals surface area contributed by atoms with E-state index in [1.54, 1.807) is 10.8 Å². The third-order valence-corrected chi connectivity index (χ3v) is 2.74. The monoisotopic (exact) mass is 251 g/mol. The number of fused-ring (bicyclic) bond motifs is 1. The summed E-state index contributed by atoms with van der Waals surface area (Å²) in [4.78, 5) is 12.1. The maximum absolute atomic E-state index is 12.1. The van der Waals surface area contributed by atoms with Gasteiger partial charge in [0.25, 0.3) is 5.56 Å². The van der Waals surface area contributed by atoms with Crippen LogP contribution in [0, 0.1) is 0 Å². The minimum Gasteiger partial charge on any atom is -0.378 e. The molecule has 0 radical (unpaired) electrons. The van der Waals surface area contributed by atoms with Crippen LogP contribution in [-0.2, 0) is 11.3 Å². The lowest BCUT2D eigenvalue weighted by Gasteiger charge is -2.07. The Balaban J connectivity index is 2.18. The van der Waals surface area contributed by atoms with Crippen LogP contribution in [0.15, 0.2) is 41.3 Å². The van der Waals surface area contributed by atoms with E-state index in [1.165, 1.54) is 0 Å². The predicted octanol–water partition coefficient (Wildman–Crippen LogP) is 2.26.